The number of carbonyl (C=O) groups excluding carboxylic acids is 1. The molecule has 0 unspecified atom stereocenters. The Balaban J connectivity index is 1.75. The summed E-state index contributed by atoms with van der Waals surface area (Å²) in [6, 6.07) is 19.6. The standard InChI is InChI=1S/C23H18N2O4/c26-23(27)17-10-5-9-16-20-14-7-2-1-6-13(14)12-18(20)21(24-22(16)17)15-8-3-4-11-19(15)25(28)29/h1-11,18,20-21,24H,12H2,(H,26,27)/p-1/t18-,20+,21+/m0/s1. The summed E-state index contributed by atoms with van der Waals surface area (Å²) in [5.74, 6) is -1.26. The minimum absolute atomic E-state index is 0.0356. The molecule has 0 fully saturated rings. The zero-order chi connectivity index (χ0) is 20.1. The molecule has 5 rings (SSSR count). The molecule has 6 heteroatoms. The molecule has 1 aliphatic carbocycles. The van der Waals surface area contributed by atoms with Crippen LogP contribution in [0.25, 0.3) is 0 Å². The van der Waals surface area contributed by atoms with Gasteiger partial charge in [-0.1, -0.05) is 60.7 Å². The molecule has 0 aromatic heterocycles. The zero-order valence-electron chi connectivity index (χ0n) is 15.4. The number of carbonyl (C=O) groups is 1. The molecule has 0 saturated carbocycles. The van der Waals surface area contributed by atoms with Gasteiger partial charge in [-0.15, -0.1) is 0 Å². The van der Waals surface area contributed by atoms with E-state index in [-0.39, 0.29) is 34.1 Å². The monoisotopic (exact) mass is 385 g/mol. The van der Waals surface area contributed by atoms with E-state index >= 15 is 0 Å². The summed E-state index contributed by atoms with van der Waals surface area (Å²) in [6.45, 7) is 0. The number of fused-ring (bicyclic) bond motifs is 5. The smallest absolute Gasteiger partial charge is 0.274 e. The second kappa shape index (κ2) is 6.44. The number of nitrogens with one attached hydrogen (secondary N) is 1. The number of nitro groups is 1. The fraction of sp³-hybridized carbons (Fsp3) is 0.174. The van der Waals surface area contributed by atoms with Crippen LogP contribution in [-0.2, 0) is 6.42 Å². The third-order valence-corrected chi connectivity index (χ3v) is 6.12. The highest BCUT2D eigenvalue weighted by molar-refractivity contribution is 5.94. The molecule has 1 aliphatic heterocycles. The molecule has 0 bridgehead atoms. The van der Waals surface area contributed by atoms with Gasteiger partial charge in [0.15, 0.2) is 0 Å². The number of hydrogen-bond donors (Lipinski definition) is 1. The van der Waals surface area contributed by atoms with E-state index in [1.54, 1.807) is 24.3 Å². The Morgan fingerprint density at radius 3 is 2.38 bits per heavy atom. The normalized spacial score (nSPS) is 21.4. The van der Waals surface area contributed by atoms with E-state index < -0.39 is 5.97 Å². The summed E-state index contributed by atoms with van der Waals surface area (Å²) in [6.07, 6.45) is 0.763. The average molecular weight is 385 g/mol. The number of rotatable bonds is 3. The minimum atomic E-state index is -1.26. The van der Waals surface area contributed by atoms with Gasteiger partial charge in [0, 0.05) is 23.2 Å². The Morgan fingerprint density at radius 2 is 1.62 bits per heavy atom. The van der Waals surface area contributed by atoms with Gasteiger partial charge in [-0.05, 0) is 29.0 Å². The predicted molar refractivity (Wildman–Crippen MR) is 106 cm³/mol. The lowest BCUT2D eigenvalue weighted by Gasteiger charge is -2.38. The van der Waals surface area contributed by atoms with Crippen LogP contribution in [-0.4, -0.2) is 10.9 Å². The van der Waals surface area contributed by atoms with E-state index in [4.69, 9.17) is 0 Å². The summed E-state index contributed by atoms with van der Waals surface area (Å²) in [5.41, 5.74) is 4.42. The first-order chi connectivity index (χ1) is 14.1. The van der Waals surface area contributed by atoms with Crippen LogP contribution in [0.3, 0.4) is 0 Å². The van der Waals surface area contributed by atoms with Crippen molar-refractivity contribution in [2.75, 3.05) is 5.32 Å². The maximum absolute atomic E-state index is 11.8. The maximum Gasteiger partial charge on any atom is 0.274 e. The fourth-order valence-electron chi connectivity index (χ4n) is 4.98. The highest BCUT2D eigenvalue weighted by Gasteiger charge is 2.45. The summed E-state index contributed by atoms with van der Waals surface area (Å²) < 4.78 is 0. The van der Waals surface area contributed by atoms with Crippen LogP contribution in [0.1, 0.15) is 44.6 Å². The number of benzene rings is 3. The molecule has 6 nitrogen and oxygen atoms in total. The van der Waals surface area contributed by atoms with E-state index in [1.807, 2.05) is 18.2 Å². The van der Waals surface area contributed by atoms with Crippen LogP contribution in [0.2, 0.25) is 0 Å². The molecule has 3 atom stereocenters. The molecular formula is C23H17N2O4-. The Bertz CT molecular complexity index is 1160. The molecule has 1 N–H and O–H groups in total. The van der Waals surface area contributed by atoms with Crippen molar-refractivity contribution in [1.29, 1.82) is 0 Å². The highest BCUT2D eigenvalue weighted by atomic mass is 16.6. The molecule has 0 saturated heterocycles. The van der Waals surface area contributed by atoms with Gasteiger partial charge < -0.3 is 15.2 Å². The number of aromatic carboxylic acids is 1. The average Bonchev–Trinajstić information content (AvgIpc) is 3.12. The lowest BCUT2D eigenvalue weighted by molar-refractivity contribution is -0.385. The van der Waals surface area contributed by atoms with Crippen molar-refractivity contribution >= 4 is 17.3 Å². The SMILES string of the molecule is O=C([O-])c1cccc2c1N[C@H](c1ccccc1[N+](=O)[O-])[C@H]1Cc3ccccc3[C@H]21. The van der Waals surface area contributed by atoms with Gasteiger partial charge in [0.05, 0.1) is 22.5 Å². The first-order valence-corrected chi connectivity index (χ1v) is 9.48. The van der Waals surface area contributed by atoms with Crippen LogP contribution in [0.5, 0.6) is 0 Å². The molecule has 0 radical (unpaired) electrons. The molecule has 3 aromatic rings. The second-order valence-corrected chi connectivity index (χ2v) is 7.54. The maximum atomic E-state index is 11.8. The lowest BCUT2D eigenvalue weighted by atomic mass is 9.74. The topological polar surface area (TPSA) is 95.3 Å². The second-order valence-electron chi connectivity index (χ2n) is 7.54. The van der Waals surface area contributed by atoms with Crippen LogP contribution in [0.4, 0.5) is 11.4 Å². The quantitative estimate of drug-likeness (QED) is 0.550. The third-order valence-electron chi connectivity index (χ3n) is 6.12. The van der Waals surface area contributed by atoms with Crippen LogP contribution in [0.15, 0.2) is 66.7 Å². The molecule has 1 heterocycles. The number of carboxylic acid groups (broad SMARTS) is 1. The fourth-order valence-corrected chi connectivity index (χ4v) is 4.98. The number of para-hydroxylation sites is 2. The van der Waals surface area contributed by atoms with E-state index in [0.717, 1.165) is 17.5 Å². The third kappa shape index (κ3) is 2.60. The van der Waals surface area contributed by atoms with Crippen molar-refractivity contribution in [2.45, 2.75) is 18.4 Å². The lowest BCUT2D eigenvalue weighted by Crippen LogP contribution is -2.33. The molecule has 2 aliphatic rings. The number of anilines is 1. The Kier molecular flexibility index (Phi) is 3.87. The number of nitrogens with zero attached hydrogens (tertiary/aromatic N) is 1. The number of hydrogen-bond acceptors (Lipinski definition) is 5. The minimum Gasteiger partial charge on any atom is -0.545 e. The molecule has 29 heavy (non-hydrogen) atoms. The van der Waals surface area contributed by atoms with Gasteiger partial charge >= 0.3 is 0 Å². The summed E-state index contributed by atoms with van der Waals surface area (Å²) in [7, 11) is 0. The summed E-state index contributed by atoms with van der Waals surface area (Å²) >= 11 is 0. The molecular weight excluding hydrogens is 368 g/mol. The summed E-state index contributed by atoms with van der Waals surface area (Å²) in [4.78, 5) is 23.1. The van der Waals surface area contributed by atoms with E-state index in [2.05, 4.69) is 17.4 Å². The molecule has 0 spiro atoms. The van der Waals surface area contributed by atoms with E-state index in [9.17, 15) is 20.0 Å². The van der Waals surface area contributed by atoms with Gasteiger partial charge in [-0.3, -0.25) is 10.1 Å². The first-order valence-electron chi connectivity index (χ1n) is 9.48. The first kappa shape index (κ1) is 17.4. The van der Waals surface area contributed by atoms with Crippen molar-refractivity contribution in [1.82, 2.24) is 0 Å². The van der Waals surface area contributed by atoms with E-state index in [0.29, 0.717) is 11.3 Å². The van der Waals surface area contributed by atoms with Crippen molar-refractivity contribution < 1.29 is 14.8 Å². The van der Waals surface area contributed by atoms with E-state index in [1.165, 1.54) is 17.7 Å². The Labute approximate surface area is 167 Å². The zero-order valence-corrected chi connectivity index (χ0v) is 15.4. The van der Waals surface area contributed by atoms with Crippen molar-refractivity contribution in [2.24, 2.45) is 5.92 Å². The largest absolute Gasteiger partial charge is 0.545 e. The predicted octanol–water partition coefficient (Wildman–Crippen LogP) is 3.43. The van der Waals surface area contributed by atoms with Crippen molar-refractivity contribution in [3.05, 3.63) is 105 Å². The molecule has 0 amide bonds. The van der Waals surface area contributed by atoms with Gasteiger partial charge in [0.25, 0.3) is 5.69 Å². The summed E-state index contributed by atoms with van der Waals surface area (Å²) in [5, 5.41) is 26.8. The van der Waals surface area contributed by atoms with Gasteiger partial charge in [-0.25, -0.2) is 0 Å². The number of carboxylic acids is 1. The number of nitro benzene ring substituents is 1. The molecule has 3 aromatic carbocycles. The van der Waals surface area contributed by atoms with Crippen LogP contribution < -0.4 is 10.4 Å². The van der Waals surface area contributed by atoms with Gasteiger partial charge in [0.2, 0.25) is 0 Å². The highest BCUT2D eigenvalue weighted by Crippen LogP contribution is 2.55. The van der Waals surface area contributed by atoms with Crippen molar-refractivity contribution in [3.63, 3.8) is 0 Å². The van der Waals surface area contributed by atoms with Gasteiger partial charge in [0.1, 0.15) is 0 Å². The van der Waals surface area contributed by atoms with Crippen molar-refractivity contribution in [3.8, 4) is 0 Å². The Hall–Kier alpha value is -3.67. The Morgan fingerprint density at radius 1 is 0.931 bits per heavy atom. The molecule has 144 valence electrons. The van der Waals surface area contributed by atoms with Crippen LogP contribution >= 0.6 is 0 Å². The van der Waals surface area contributed by atoms with Gasteiger partial charge in [-0.2, -0.15) is 0 Å². The van der Waals surface area contributed by atoms with Crippen LogP contribution in [0, 0.1) is 16.0 Å².